The maximum absolute atomic E-state index is 2.60. The van der Waals surface area contributed by atoms with Crippen LogP contribution in [0.4, 0.5) is 0 Å². The molecule has 4 aliphatic rings. The highest BCUT2D eigenvalue weighted by atomic mass is 31.1. The van der Waals surface area contributed by atoms with Gasteiger partial charge in [-0.15, -0.1) is 0 Å². The molecule has 4 aliphatic carbocycles. The Balaban J connectivity index is 1.60. The molecular weight excluding hydrogens is 343 g/mol. The number of fused-ring (bicyclic) bond motifs is 2. The Bertz CT molecular complexity index is 712. The second-order valence-electron chi connectivity index (χ2n) is 9.44. The first-order valence-electron chi connectivity index (χ1n) is 11.6. The van der Waals surface area contributed by atoms with Gasteiger partial charge in [0.2, 0.25) is 0 Å². The van der Waals surface area contributed by atoms with Gasteiger partial charge in [-0.1, -0.05) is 82.9 Å². The van der Waals surface area contributed by atoms with Crippen LogP contribution >= 0.6 is 7.92 Å². The molecule has 1 aromatic rings. The lowest BCUT2D eigenvalue weighted by molar-refractivity contribution is 0.485. The molecule has 0 spiro atoms. The van der Waals surface area contributed by atoms with Crippen LogP contribution in [-0.2, 0) is 0 Å². The summed E-state index contributed by atoms with van der Waals surface area (Å²) in [5.41, 5.74) is 6.93. The lowest BCUT2D eigenvalue weighted by Gasteiger charge is -2.41. The van der Waals surface area contributed by atoms with Crippen LogP contribution in [0.5, 0.6) is 0 Å². The molecule has 1 heteroatoms. The zero-order chi connectivity index (χ0) is 18.2. The third kappa shape index (κ3) is 3.37. The summed E-state index contributed by atoms with van der Waals surface area (Å²) in [5.74, 6) is 1.49. The fourth-order valence-electron chi connectivity index (χ4n) is 6.46. The van der Waals surface area contributed by atoms with E-state index >= 15 is 0 Å². The van der Waals surface area contributed by atoms with Gasteiger partial charge in [-0.05, 0) is 72.4 Å². The van der Waals surface area contributed by atoms with Gasteiger partial charge in [0.15, 0.2) is 0 Å². The van der Waals surface area contributed by atoms with Gasteiger partial charge in [0.05, 0.1) is 0 Å². The third-order valence-corrected chi connectivity index (χ3v) is 11.5. The van der Waals surface area contributed by atoms with Gasteiger partial charge in [0.25, 0.3) is 0 Å². The Morgan fingerprint density at radius 3 is 1.96 bits per heavy atom. The molecule has 2 fully saturated rings. The van der Waals surface area contributed by atoms with Crippen LogP contribution in [0.25, 0.3) is 5.57 Å². The SMILES string of the molecule is Cc1ccccc1C1=C(P(C2CCCCC2)C2CCCCC2)C2C=CC1C2. The van der Waals surface area contributed by atoms with Crippen molar-refractivity contribution in [1.29, 1.82) is 0 Å². The standard InChI is InChI=1S/C26H35P/c1-19-10-8-9-15-24(19)25-20-16-17-21(18-20)26(25)27(22-11-4-2-5-12-22)23-13-6-3-7-14-23/h8-10,15-17,20-23H,2-7,11-14,18H2,1H3. The van der Waals surface area contributed by atoms with Gasteiger partial charge >= 0.3 is 0 Å². The van der Waals surface area contributed by atoms with Crippen LogP contribution in [0.1, 0.15) is 81.8 Å². The van der Waals surface area contributed by atoms with E-state index in [1.807, 2.05) is 5.31 Å². The molecular formula is C26H35P. The predicted molar refractivity (Wildman–Crippen MR) is 120 cm³/mol. The molecule has 2 bridgehead atoms. The molecule has 1 aromatic carbocycles. The highest BCUT2D eigenvalue weighted by Gasteiger charge is 2.44. The summed E-state index contributed by atoms with van der Waals surface area (Å²) < 4.78 is 0. The molecule has 27 heavy (non-hydrogen) atoms. The minimum Gasteiger partial charge on any atom is -0.0803 e. The number of benzene rings is 1. The van der Waals surface area contributed by atoms with Crippen molar-refractivity contribution < 1.29 is 0 Å². The van der Waals surface area contributed by atoms with E-state index in [4.69, 9.17) is 0 Å². The van der Waals surface area contributed by atoms with Crippen LogP contribution in [0, 0.1) is 18.8 Å². The topological polar surface area (TPSA) is 0 Å². The normalized spacial score (nSPS) is 29.3. The molecule has 0 N–H and O–H groups in total. The molecule has 2 atom stereocenters. The van der Waals surface area contributed by atoms with Gasteiger partial charge < -0.3 is 0 Å². The molecule has 2 unspecified atom stereocenters. The molecule has 0 aromatic heterocycles. The van der Waals surface area contributed by atoms with E-state index in [0.29, 0.717) is 5.92 Å². The Kier molecular flexibility index (Phi) is 5.30. The maximum Gasteiger partial charge on any atom is 0.00364 e. The molecule has 5 rings (SSSR count). The first kappa shape index (κ1) is 18.2. The summed E-state index contributed by atoms with van der Waals surface area (Å²) in [4.78, 5) is 0. The average Bonchev–Trinajstić information content (AvgIpc) is 3.33. The van der Waals surface area contributed by atoms with E-state index in [-0.39, 0.29) is 7.92 Å². The van der Waals surface area contributed by atoms with Crippen LogP contribution in [0.3, 0.4) is 0 Å². The van der Waals surface area contributed by atoms with Gasteiger partial charge in [-0.2, -0.15) is 0 Å². The number of hydrogen-bond donors (Lipinski definition) is 0. The monoisotopic (exact) mass is 378 g/mol. The van der Waals surface area contributed by atoms with Crippen molar-refractivity contribution in [3.8, 4) is 0 Å². The van der Waals surface area contributed by atoms with E-state index in [1.54, 1.807) is 11.1 Å². The van der Waals surface area contributed by atoms with Crippen molar-refractivity contribution in [3.63, 3.8) is 0 Å². The van der Waals surface area contributed by atoms with Crippen LogP contribution in [0.15, 0.2) is 41.7 Å². The van der Waals surface area contributed by atoms with E-state index in [0.717, 1.165) is 17.2 Å². The van der Waals surface area contributed by atoms with Crippen molar-refractivity contribution >= 4 is 13.5 Å². The molecule has 0 saturated heterocycles. The minimum atomic E-state index is 0.0402. The van der Waals surface area contributed by atoms with Gasteiger partial charge in [-0.25, -0.2) is 0 Å². The first-order valence-corrected chi connectivity index (χ1v) is 13.1. The maximum atomic E-state index is 2.60. The molecule has 0 amide bonds. The van der Waals surface area contributed by atoms with Crippen molar-refractivity contribution in [2.45, 2.75) is 88.9 Å². The molecule has 0 heterocycles. The Hall–Kier alpha value is -0.870. The summed E-state index contributed by atoms with van der Waals surface area (Å²) in [6.07, 6.45) is 21.6. The van der Waals surface area contributed by atoms with Crippen molar-refractivity contribution in [2.24, 2.45) is 11.8 Å². The second kappa shape index (κ2) is 7.87. The number of allylic oxidation sites excluding steroid dienone is 4. The molecule has 2 saturated carbocycles. The largest absolute Gasteiger partial charge is 0.0803 e. The van der Waals surface area contributed by atoms with E-state index in [1.165, 1.54) is 76.2 Å². The van der Waals surface area contributed by atoms with E-state index < -0.39 is 0 Å². The third-order valence-electron chi connectivity index (χ3n) is 7.73. The van der Waals surface area contributed by atoms with Crippen molar-refractivity contribution in [1.82, 2.24) is 0 Å². The zero-order valence-electron chi connectivity index (χ0n) is 17.0. The van der Waals surface area contributed by atoms with Crippen LogP contribution < -0.4 is 0 Å². The minimum absolute atomic E-state index is 0.0402. The van der Waals surface area contributed by atoms with Gasteiger partial charge in [0, 0.05) is 11.8 Å². The molecule has 144 valence electrons. The number of rotatable bonds is 4. The summed E-state index contributed by atoms with van der Waals surface area (Å²) in [6, 6.07) is 9.24. The zero-order valence-corrected chi connectivity index (χ0v) is 17.9. The number of hydrogen-bond acceptors (Lipinski definition) is 0. The smallest absolute Gasteiger partial charge is 0.00364 e. The first-order chi connectivity index (χ1) is 13.3. The summed E-state index contributed by atoms with van der Waals surface area (Å²) in [6.45, 7) is 2.33. The van der Waals surface area contributed by atoms with Gasteiger partial charge in [-0.3, -0.25) is 0 Å². The lowest BCUT2D eigenvalue weighted by Crippen LogP contribution is -2.23. The quantitative estimate of drug-likeness (QED) is 0.367. The fourth-order valence-corrected chi connectivity index (χ4v) is 10.8. The lowest BCUT2D eigenvalue weighted by atomic mass is 9.92. The van der Waals surface area contributed by atoms with Crippen LogP contribution in [-0.4, -0.2) is 11.3 Å². The molecule has 0 aliphatic heterocycles. The van der Waals surface area contributed by atoms with Crippen molar-refractivity contribution in [2.75, 3.05) is 0 Å². The van der Waals surface area contributed by atoms with E-state index in [2.05, 4.69) is 43.3 Å². The van der Waals surface area contributed by atoms with Gasteiger partial charge in [0.1, 0.15) is 0 Å². The Morgan fingerprint density at radius 2 is 1.33 bits per heavy atom. The highest BCUT2D eigenvalue weighted by molar-refractivity contribution is 7.63. The molecule has 0 nitrogen and oxygen atoms in total. The fraction of sp³-hybridized carbons (Fsp3) is 0.615. The second-order valence-corrected chi connectivity index (χ2v) is 12.2. The Morgan fingerprint density at radius 1 is 0.741 bits per heavy atom. The van der Waals surface area contributed by atoms with Crippen LogP contribution in [0.2, 0.25) is 0 Å². The summed E-state index contributed by atoms with van der Waals surface area (Å²) in [7, 11) is 0.0402. The highest BCUT2D eigenvalue weighted by Crippen LogP contribution is 2.69. The predicted octanol–water partition coefficient (Wildman–Crippen LogP) is 8.06. The van der Waals surface area contributed by atoms with Crippen molar-refractivity contribution in [3.05, 3.63) is 52.9 Å². The number of aryl methyl sites for hydroxylation is 1. The Labute approximate surface area is 167 Å². The summed E-state index contributed by atoms with van der Waals surface area (Å²) in [5, 5.41) is 1.98. The van der Waals surface area contributed by atoms with E-state index in [9.17, 15) is 0 Å². The summed E-state index contributed by atoms with van der Waals surface area (Å²) >= 11 is 0. The average molecular weight is 379 g/mol. The molecule has 0 radical (unpaired) electrons.